The maximum Gasteiger partial charge on any atom is 0.328 e. The number of ketones is 2. The van der Waals surface area contributed by atoms with E-state index in [0.29, 0.717) is 39.1 Å². The van der Waals surface area contributed by atoms with E-state index in [1.54, 1.807) is 48.5 Å². The number of Topliss-reactive ketones (excluding diaryl/α,β-unsaturated/α-hetero) is 1. The predicted molar refractivity (Wildman–Crippen MR) is 170 cm³/mol. The number of nitrogens with two attached hydrogens (primary N) is 1. The molecule has 8 nitrogen and oxygen atoms in total. The lowest BCUT2D eigenvalue weighted by atomic mass is 9.44. The van der Waals surface area contributed by atoms with Gasteiger partial charge >= 0.3 is 6.03 Å². The third kappa shape index (κ3) is 4.02. The molecule has 1 heterocycles. The van der Waals surface area contributed by atoms with Crippen molar-refractivity contribution in [1.29, 1.82) is 0 Å². The zero-order valence-corrected chi connectivity index (χ0v) is 25.0. The van der Waals surface area contributed by atoms with Crippen molar-refractivity contribution < 1.29 is 29.1 Å². The summed E-state index contributed by atoms with van der Waals surface area (Å²) in [5, 5.41) is 11.8. The minimum absolute atomic E-state index is 0.0178. The zero-order valence-electron chi connectivity index (χ0n) is 25.0. The molecule has 7 rings (SSSR count). The molecule has 230 valence electrons. The number of allylic oxidation sites excluding steroid dienone is 5. The van der Waals surface area contributed by atoms with E-state index in [4.69, 9.17) is 5.73 Å². The summed E-state index contributed by atoms with van der Waals surface area (Å²) in [4.78, 5) is 69.7. The fraction of sp³-hybridized carbons (Fsp3) is 0.237. The summed E-state index contributed by atoms with van der Waals surface area (Å²) in [6.07, 6.45) is 5.59. The van der Waals surface area contributed by atoms with Crippen LogP contribution in [-0.2, 0) is 31.0 Å². The van der Waals surface area contributed by atoms with Gasteiger partial charge in [0.1, 0.15) is 5.75 Å². The molecule has 4 aliphatic rings. The number of primary amides is 1. The Kier molecular flexibility index (Phi) is 6.96. The topological polar surface area (TPSA) is 135 Å². The van der Waals surface area contributed by atoms with E-state index in [0.717, 1.165) is 0 Å². The van der Waals surface area contributed by atoms with E-state index in [-0.39, 0.29) is 35.7 Å². The minimum Gasteiger partial charge on any atom is -0.507 e. The molecule has 2 fully saturated rings. The number of fused-ring (bicyclic) bond motifs is 4. The molecule has 0 radical (unpaired) electrons. The van der Waals surface area contributed by atoms with Crippen LogP contribution in [0.1, 0.15) is 41.0 Å². The van der Waals surface area contributed by atoms with Crippen molar-refractivity contribution in [3.05, 3.63) is 131 Å². The van der Waals surface area contributed by atoms with Crippen LogP contribution in [0, 0.1) is 23.7 Å². The molecular formula is C38H32N2O6. The summed E-state index contributed by atoms with van der Waals surface area (Å²) < 4.78 is 0. The fourth-order valence-corrected chi connectivity index (χ4v) is 8.60. The number of benzene rings is 3. The highest BCUT2D eigenvalue weighted by Gasteiger charge is 2.66. The van der Waals surface area contributed by atoms with Gasteiger partial charge in [-0.15, -0.1) is 6.58 Å². The molecule has 3 N–H and O–H groups in total. The minimum atomic E-state index is -1.47. The first-order valence-electron chi connectivity index (χ1n) is 15.4. The molecule has 0 bridgehead atoms. The zero-order chi connectivity index (χ0) is 32.3. The Morgan fingerprint density at radius 3 is 2.30 bits per heavy atom. The number of phenolic OH excluding ortho intramolecular Hbond substituents is 1. The van der Waals surface area contributed by atoms with Gasteiger partial charge in [-0.3, -0.25) is 19.2 Å². The summed E-state index contributed by atoms with van der Waals surface area (Å²) in [6.45, 7) is 3.82. The van der Waals surface area contributed by atoms with E-state index in [1.807, 2.05) is 42.5 Å². The summed E-state index contributed by atoms with van der Waals surface area (Å²) in [6, 6.07) is 22.3. The molecule has 0 spiro atoms. The standard InChI is InChI=1S/C38H32N2O6/c1-2-10-22-13-9-16-26(33(22)42)32-24-17-18-25-31(36(45)40(35(25)44)37(39)46)28(24)19-29-34(43)27(21-11-5-3-6-12-21)20-30(41)38(29,32)23-14-7-4-8-15-23/h2-9,11-17,20,25,28-29,31-32,42H,1,10,18-19H2,(H2,39,46). The van der Waals surface area contributed by atoms with Gasteiger partial charge in [0.05, 0.1) is 17.3 Å². The number of nitrogens with zero attached hydrogens (tertiary/aromatic N) is 1. The molecule has 3 aliphatic carbocycles. The van der Waals surface area contributed by atoms with Crippen LogP contribution in [0.5, 0.6) is 5.75 Å². The van der Waals surface area contributed by atoms with Crippen LogP contribution in [0.3, 0.4) is 0 Å². The molecule has 6 unspecified atom stereocenters. The van der Waals surface area contributed by atoms with Gasteiger partial charge in [-0.25, -0.2) is 4.79 Å². The van der Waals surface area contributed by atoms with Crippen molar-refractivity contribution >= 4 is 35.0 Å². The highest BCUT2D eigenvalue weighted by Crippen LogP contribution is 2.64. The third-order valence-corrected chi connectivity index (χ3v) is 10.4. The molecule has 8 heteroatoms. The van der Waals surface area contributed by atoms with Gasteiger partial charge in [-0.05, 0) is 47.9 Å². The maximum atomic E-state index is 15.0. The number of urea groups is 1. The molecule has 3 aromatic carbocycles. The Balaban J connectivity index is 1.53. The number of para-hydroxylation sites is 1. The Morgan fingerprint density at radius 1 is 0.935 bits per heavy atom. The number of imide groups is 3. The normalized spacial score (nSPS) is 28.5. The van der Waals surface area contributed by atoms with Crippen molar-refractivity contribution in [2.75, 3.05) is 0 Å². The maximum absolute atomic E-state index is 15.0. The average Bonchev–Trinajstić information content (AvgIpc) is 3.33. The van der Waals surface area contributed by atoms with Gasteiger partial charge in [0, 0.05) is 23.0 Å². The largest absolute Gasteiger partial charge is 0.507 e. The Labute approximate surface area is 265 Å². The monoisotopic (exact) mass is 612 g/mol. The number of hydrogen-bond donors (Lipinski definition) is 2. The van der Waals surface area contributed by atoms with Gasteiger partial charge in [-0.1, -0.05) is 96.6 Å². The van der Waals surface area contributed by atoms with Gasteiger partial charge in [-0.2, -0.15) is 4.90 Å². The SMILES string of the molecule is C=CCc1cccc(C2C3=CCC4C(=O)N(C(N)=O)C(=O)C4C3CC3C(=O)C(c4ccccc4)=CC(=O)C32c2ccccc2)c1O. The van der Waals surface area contributed by atoms with Gasteiger partial charge in [0.2, 0.25) is 11.8 Å². The first-order valence-corrected chi connectivity index (χ1v) is 15.4. The van der Waals surface area contributed by atoms with Crippen molar-refractivity contribution in [1.82, 2.24) is 4.90 Å². The molecule has 1 saturated heterocycles. The van der Waals surface area contributed by atoms with E-state index in [1.165, 1.54) is 6.08 Å². The number of phenols is 1. The van der Waals surface area contributed by atoms with Gasteiger partial charge in [0.25, 0.3) is 0 Å². The third-order valence-electron chi connectivity index (χ3n) is 10.4. The van der Waals surface area contributed by atoms with Crippen LogP contribution < -0.4 is 5.73 Å². The van der Waals surface area contributed by atoms with Crippen LogP contribution in [0.2, 0.25) is 0 Å². The summed E-state index contributed by atoms with van der Waals surface area (Å²) in [7, 11) is 0. The van der Waals surface area contributed by atoms with Crippen molar-refractivity contribution in [3.8, 4) is 5.75 Å². The molecule has 3 aromatic rings. The molecule has 1 aliphatic heterocycles. The van der Waals surface area contributed by atoms with E-state index in [9.17, 15) is 24.3 Å². The Bertz CT molecular complexity index is 1890. The first kappa shape index (κ1) is 29.3. The lowest BCUT2D eigenvalue weighted by Gasteiger charge is -2.55. The number of carbonyl (C=O) groups excluding carboxylic acids is 5. The number of rotatable bonds is 5. The number of hydrogen-bond acceptors (Lipinski definition) is 6. The van der Waals surface area contributed by atoms with Crippen LogP contribution in [-0.4, -0.2) is 39.4 Å². The van der Waals surface area contributed by atoms with Crippen LogP contribution in [0.25, 0.3) is 5.57 Å². The second kappa shape index (κ2) is 10.9. The number of likely N-dealkylation sites (tertiary alicyclic amines) is 1. The highest BCUT2D eigenvalue weighted by molar-refractivity contribution is 6.31. The van der Waals surface area contributed by atoms with E-state index < -0.39 is 52.8 Å². The van der Waals surface area contributed by atoms with Crippen LogP contribution >= 0.6 is 0 Å². The summed E-state index contributed by atoms with van der Waals surface area (Å²) in [5.74, 6) is -6.15. The number of aromatic hydroxyl groups is 1. The molecule has 46 heavy (non-hydrogen) atoms. The molecule has 1 saturated carbocycles. The average molecular weight is 613 g/mol. The van der Waals surface area contributed by atoms with E-state index in [2.05, 4.69) is 6.58 Å². The second-order valence-corrected chi connectivity index (χ2v) is 12.5. The second-order valence-electron chi connectivity index (χ2n) is 12.5. The van der Waals surface area contributed by atoms with Crippen molar-refractivity contribution in [2.24, 2.45) is 29.4 Å². The van der Waals surface area contributed by atoms with Crippen molar-refractivity contribution in [2.45, 2.75) is 30.6 Å². The summed E-state index contributed by atoms with van der Waals surface area (Å²) >= 11 is 0. The number of carbonyl (C=O) groups is 5. The van der Waals surface area contributed by atoms with Crippen molar-refractivity contribution in [3.63, 3.8) is 0 Å². The van der Waals surface area contributed by atoms with Gasteiger partial charge < -0.3 is 10.8 Å². The molecule has 0 aromatic heterocycles. The molecular weight excluding hydrogens is 580 g/mol. The predicted octanol–water partition coefficient (Wildman–Crippen LogP) is 5.02. The quantitative estimate of drug-likeness (QED) is 0.307. The van der Waals surface area contributed by atoms with Crippen LogP contribution in [0.15, 0.2) is 109 Å². The Morgan fingerprint density at radius 2 is 1.63 bits per heavy atom. The smallest absolute Gasteiger partial charge is 0.328 e. The highest BCUT2D eigenvalue weighted by atomic mass is 16.3. The first-order chi connectivity index (χ1) is 22.2. The van der Waals surface area contributed by atoms with E-state index >= 15 is 4.79 Å². The summed E-state index contributed by atoms with van der Waals surface area (Å²) in [5.41, 5.74) is 7.26. The lowest BCUT2D eigenvalue weighted by molar-refractivity contribution is -0.137. The number of amides is 4. The molecule has 6 atom stereocenters. The Hall–Kier alpha value is -5.37. The fourth-order valence-electron chi connectivity index (χ4n) is 8.60. The lowest BCUT2D eigenvalue weighted by Crippen LogP contribution is -2.58. The van der Waals surface area contributed by atoms with Crippen LogP contribution in [0.4, 0.5) is 4.79 Å². The molecule has 4 amide bonds. The van der Waals surface area contributed by atoms with Gasteiger partial charge in [0.15, 0.2) is 11.6 Å².